The van der Waals surface area contributed by atoms with Crippen LogP contribution in [0.25, 0.3) is 11.3 Å². The van der Waals surface area contributed by atoms with Crippen LogP contribution in [0.15, 0.2) is 18.3 Å². The number of ether oxygens (including phenoxy) is 1. The molecule has 0 spiro atoms. The van der Waals surface area contributed by atoms with Crippen molar-refractivity contribution in [2.45, 2.75) is 66.6 Å². The van der Waals surface area contributed by atoms with Crippen LogP contribution < -0.4 is 0 Å². The monoisotopic (exact) mass is 495 g/mol. The molecule has 6 atom stereocenters. The van der Waals surface area contributed by atoms with Gasteiger partial charge < -0.3 is 20.1 Å². The van der Waals surface area contributed by atoms with E-state index in [1.165, 1.54) is 6.20 Å². The minimum atomic E-state index is -2.81. The maximum absolute atomic E-state index is 13.8. The Morgan fingerprint density at radius 2 is 1.85 bits per heavy atom. The summed E-state index contributed by atoms with van der Waals surface area (Å²) in [5, 5.41) is 38.3. The van der Waals surface area contributed by atoms with Gasteiger partial charge in [-0.25, -0.2) is 26.6 Å². The van der Waals surface area contributed by atoms with Gasteiger partial charge in [-0.15, -0.1) is 16.9 Å². The van der Waals surface area contributed by atoms with Crippen molar-refractivity contribution in [2.24, 2.45) is 0 Å². The van der Waals surface area contributed by atoms with Crippen LogP contribution in [0.5, 0.6) is 0 Å². The first kappa shape index (κ1) is 24.3. The summed E-state index contributed by atoms with van der Waals surface area (Å²) in [6, 6.07) is 0.248. The Morgan fingerprint density at radius 3 is 2.48 bits per heavy atom. The molecule has 0 amide bonds. The summed E-state index contributed by atoms with van der Waals surface area (Å²) < 4.78 is 74.7. The second-order valence-electron chi connectivity index (χ2n) is 8.25. The van der Waals surface area contributed by atoms with E-state index in [1.807, 2.05) is 0 Å². The van der Waals surface area contributed by atoms with E-state index >= 15 is 0 Å². The first-order chi connectivity index (χ1) is 15.6. The van der Waals surface area contributed by atoms with Gasteiger partial charge in [0.1, 0.15) is 35.5 Å². The van der Waals surface area contributed by atoms with Gasteiger partial charge in [-0.05, 0) is 25.0 Å². The fourth-order valence-electron chi connectivity index (χ4n) is 4.18. The molecule has 1 saturated carbocycles. The number of hydrogen-bond donors (Lipinski definition) is 3. The van der Waals surface area contributed by atoms with Crippen LogP contribution in [0.1, 0.15) is 31.7 Å². The smallest absolute Gasteiger partial charge is 0.249 e. The van der Waals surface area contributed by atoms with E-state index < -0.39 is 65.0 Å². The zero-order chi connectivity index (χ0) is 23.9. The van der Waals surface area contributed by atoms with Gasteiger partial charge in [-0.1, -0.05) is 5.21 Å². The number of halogens is 5. The molecule has 0 bridgehead atoms. The maximum atomic E-state index is 13.8. The zero-order valence-electron chi connectivity index (χ0n) is 17.1. The van der Waals surface area contributed by atoms with Crippen molar-refractivity contribution in [1.29, 1.82) is 0 Å². The van der Waals surface area contributed by atoms with Crippen LogP contribution in [0, 0.1) is 17.5 Å². The fraction of sp³-hybridized carbons (Fsp3) is 0.600. The van der Waals surface area contributed by atoms with Gasteiger partial charge in [-0.3, -0.25) is 0 Å². The molecule has 2 aliphatic rings. The standard InChI is InChI=1S/C20H22F5N3O4S/c21-11-4-9(5-12(22)15(11)23)13-7-28(27-26-13)16-17(30)14(8-29)32-19(18(16)31)33-10-2-1-3-20(24,25)6-10/h4-5,7,10,14,16-19,29-31H,1-3,6,8H2/t10?,14?,16?,17-,18-,19+/m0/s1. The molecule has 3 N–H and O–H groups in total. The Hall–Kier alpha value is -1.80. The lowest BCUT2D eigenvalue weighted by Crippen LogP contribution is -2.55. The first-order valence-electron chi connectivity index (χ1n) is 10.3. The Balaban J connectivity index is 1.58. The SMILES string of the molecule is OCC1O[C@H](SC2CCCC(F)(F)C2)[C@@H](O)C(n2cc(-c3cc(F)c(F)c(F)c3)nn2)[C@H]1O. The number of alkyl halides is 2. The number of rotatable bonds is 5. The molecule has 4 rings (SSSR count). The maximum Gasteiger partial charge on any atom is 0.249 e. The summed E-state index contributed by atoms with van der Waals surface area (Å²) in [6.07, 6.45) is -2.60. The number of thioether (sulfide) groups is 1. The summed E-state index contributed by atoms with van der Waals surface area (Å²) in [6.45, 7) is -0.613. The molecular formula is C20H22F5N3O4S. The molecule has 33 heavy (non-hydrogen) atoms. The van der Waals surface area contributed by atoms with Crippen LogP contribution in [-0.2, 0) is 4.74 Å². The summed E-state index contributed by atoms with van der Waals surface area (Å²) in [4.78, 5) is 0. The second kappa shape index (κ2) is 9.45. The molecule has 182 valence electrons. The molecule has 2 heterocycles. The molecule has 2 fully saturated rings. The molecule has 13 heteroatoms. The van der Waals surface area contributed by atoms with Gasteiger partial charge in [0.15, 0.2) is 17.5 Å². The topological polar surface area (TPSA) is 101 Å². The van der Waals surface area contributed by atoms with E-state index in [9.17, 15) is 37.3 Å². The van der Waals surface area contributed by atoms with Crippen molar-refractivity contribution in [3.8, 4) is 11.3 Å². The largest absolute Gasteiger partial charge is 0.394 e. The lowest BCUT2D eigenvalue weighted by molar-refractivity contribution is -0.178. The van der Waals surface area contributed by atoms with E-state index in [-0.39, 0.29) is 24.1 Å². The van der Waals surface area contributed by atoms with Crippen molar-refractivity contribution < 1.29 is 42.0 Å². The van der Waals surface area contributed by atoms with Gasteiger partial charge in [0.25, 0.3) is 0 Å². The molecule has 1 saturated heterocycles. The summed E-state index contributed by atoms with van der Waals surface area (Å²) in [7, 11) is 0. The molecule has 1 aromatic carbocycles. The van der Waals surface area contributed by atoms with E-state index in [0.717, 1.165) is 28.6 Å². The molecule has 0 radical (unpaired) electrons. The Kier molecular flexibility index (Phi) is 6.97. The number of aromatic nitrogens is 3. The van der Waals surface area contributed by atoms with Gasteiger partial charge in [0.2, 0.25) is 5.92 Å². The first-order valence-corrected chi connectivity index (χ1v) is 11.3. The molecular weight excluding hydrogens is 473 g/mol. The van der Waals surface area contributed by atoms with Crippen molar-refractivity contribution in [1.82, 2.24) is 15.0 Å². The van der Waals surface area contributed by atoms with Gasteiger partial charge >= 0.3 is 0 Å². The highest BCUT2D eigenvalue weighted by atomic mass is 32.2. The second-order valence-corrected chi connectivity index (χ2v) is 9.65. The summed E-state index contributed by atoms with van der Waals surface area (Å²) in [5.41, 5.74) is -1.24. The Morgan fingerprint density at radius 1 is 1.15 bits per heavy atom. The van der Waals surface area contributed by atoms with Crippen molar-refractivity contribution in [3.63, 3.8) is 0 Å². The van der Waals surface area contributed by atoms with E-state index in [1.54, 1.807) is 0 Å². The highest BCUT2D eigenvalue weighted by Crippen LogP contribution is 2.43. The van der Waals surface area contributed by atoms with Crippen LogP contribution in [0.4, 0.5) is 22.0 Å². The normalized spacial score (nSPS) is 32.1. The summed E-state index contributed by atoms with van der Waals surface area (Å²) >= 11 is 1.00. The number of nitrogens with zero attached hydrogens (tertiary/aromatic N) is 3. The van der Waals surface area contributed by atoms with Gasteiger partial charge in [-0.2, -0.15) is 0 Å². The Labute approximate surface area is 189 Å². The molecule has 1 aliphatic heterocycles. The lowest BCUT2D eigenvalue weighted by atomic mass is 9.96. The zero-order valence-corrected chi connectivity index (χ0v) is 17.9. The predicted molar refractivity (Wildman–Crippen MR) is 107 cm³/mol. The minimum Gasteiger partial charge on any atom is -0.394 e. The molecule has 2 aromatic rings. The lowest BCUT2D eigenvalue weighted by Gasteiger charge is -2.43. The van der Waals surface area contributed by atoms with Crippen molar-refractivity contribution in [3.05, 3.63) is 35.8 Å². The number of aliphatic hydroxyl groups is 3. The number of benzene rings is 1. The van der Waals surface area contributed by atoms with E-state index in [4.69, 9.17) is 4.74 Å². The molecule has 7 nitrogen and oxygen atoms in total. The minimum absolute atomic E-state index is 0.0598. The highest BCUT2D eigenvalue weighted by Gasteiger charge is 2.48. The van der Waals surface area contributed by atoms with Crippen LogP contribution in [-0.4, -0.2) is 71.8 Å². The van der Waals surface area contributed by atoms with Gasteiger partial charge in [0, 0.05) is 23.7 Å². The average molecular weight is 495 g/mol. The summed E-state index contributed by atoms with van der Waals surface area (Å²) in [5.74, 6) is -7.30. The van der Waals surface area contributed by atoms with Crippen LogP contribution >= 0.6 is 11.8 Å². The van der Waals surface area contributed by atoms with Crippen LogP contribution in [0.3, 0.4) is 0 Å². The molecule has 1 aliphatic carbocycles. The van der Waals surface area contributed by atoms with Crippen LogP contribution in [0.2, 0.25) is 0 Å². The van der Waals surface area contributed by atoms with Gasteiger partial charge in [0.05, 0.1) is 12.8 Å². The molecule has 1 aromatic heterocycles. The van der Waals surface area contributed by atoms with E-state index in [0.29, 0.717) is 12.8 Å². The third kappa shape index (κ3) is 5.02. The number of hydrogen-bond acceptors (Lipinski definition) is 7. The van der Waals surface area contributed by atoms with Crippen molar-refractivity contribution in [2.75, 3.05) is 6.61 Å². The fourth-order valence-corrected chi connectivity index (χ4v) is 5.73. The number of aliphatic hydroxyl groups excluding tert-OH is 3. The quantitative estimate of drug-likeness (QED) is 0.433. The van der Waals surface area contributed by atoms with Crippen molar-refractivity contribution >= 4 is 11.8 Å². The Bertz CT molecular complexity index is 973. The van der Waals surface area contributed by atoms with E-state index in [2.05, 4.69) is 10.3 Å². The predicted octanol–water partition coefficient (Wildman–Crippen LogP) is 2.65. The third-order valence-electron chi connectivity index (χ3n) is 5.87. The average Bonchev–Trinajstić information content (AvgIpc) is 3.23. The molecule has 3 unspecified atom stereocenters. The highest BCUT2D eigenvalue weighted by molar-refractivity contribution is 8.00. The third-order valence-corrected chi connectivity index (χ3v) is 7.31.